The van der Waals surface area contributed by atoms with Crippen molar-refractivity contribution in [1.82, 2.24) is 0 Å². The fourth-order valence-electron chi connectivity index (χ4n) is 0.847. The first-order valence-corrected chi connectivity index (χ1v) is 4.80. The van der Waals surface area contributed by atoms with Crippen molar-refractivity contribution in [2.45, 2.75) is 4.90 Å². The maximum atomic E-state index is 10.6. The zero-order chi connectivity index (χ0) is 10.9. The number of carbonyl (C=O) groups is 1. The number of rotatable bonds is 2. The Hall–Kier alpha value is 0.0364. The SMILES string of the molecule is O=C(O)c1cc(S(=O)(=O)O)ccc1O.[K+]. The van der Waals surface area contributed by atoms with E-state index < -0.39 is 32.3 Å². The van der Waals surface area contributed by atoms with Crippen LogP contribution in [-0.4, -0.2) is 29.2 Å². The van der Waals surface area contributed by atoms with Crippen molar-refractivity contribution in [3.63, 3.8) is 0 Å². The van der Waals surface area contributed by atoms with E-state index in [0.29, 0.717) is 6.07 Å². The molecule has 8 heteroatoms. The number of benzene rings is 1. The minimum Gasteiger partial charge on any atom is -0.507 e. The number of hydrogen-bond donors (Lipinski definition) is 3. The predicted molar refractivity (Wildman–Crippen MR) is 44.9 cm³/mol. The molecule has 15 heavy (non-hydrogen) atoms. The fraction of sp³-hybridized carbons (Fsp3) is 0. The van der Waals surface area contributed by atoms with E-state index in [-0.39, 0.29) is 51.4 Å². The van der Waals surface area contributed by atoms with Crippen molar-refractivity contribution in [1.29, 1.82) is 0 Å². The molecule has 1 aromatic rings. The summed E-state index contributed by atoms with van der Waals surface area (Å²) in [6, 6.07) is 2.46. The minimum atomic E-state index is -4.45. The number of aromatic carboxylic acids is 1. The Balaban J connectivity index is 0.00000196. The van der Waals surface area contributed by atoms with Gasteiger partial charge in [-0.15, -0.1) is 0 Å². The van der Waals surface area contributed by atoms with E-state index in [2.05, 4.69) is 0 Å². The molecule has 0 amide bonds. The van der Waals surface area contributed by atoms with Crippen LogP contribution in [0.1, 0.15) is 10.4 Å². The van der Waals surface area contributed by atoms with Gasteiger partial charge in [-0.25, -0.2) is 4.79 Å². The number of carboxylic acids is 1. The summed E-state index contributed by atoms with van der Waals surface area (Å²) in [5, 5.41) is 17.5. The maximum absolute atomic E-state index is 10.6. The van der Waals surface area contributed by atoms with Crippen molar-refractivity contribution < 1.29 is 79.4 Å². The summed E-state index contributed by atoms with van der Waals surface area (Å²) < 4.78 is 29.8. The Kier molecular flexibility index (Phi) is 5.40. The molecule has 6 nitrogen and oxygen atoms in total. The van der Waals surface area contributed by atoms with Gasteiger partial charge in [0.15, 0.2) is 0 Å². The Morgan fingerprint density at radius 3 is 2.20 bits per heavy atom. The molecule has 0 aromatic heterocycles. The van der Waals surface area contributed by atoms with Gasteiger partial charge in [-0.05, 0) is 18.2 Å². The van der Waals surface area contributed by atoms with Gasteiger partial charge in [-0.3, -0.25) is 4.55 Å². The third-order valence-corrected chi connectivity index (χ3v) is 2.35. The molecular formula is C7H6KO6S+. The molecule has 0 aliphatic heterocycles. The molecule has 0 atom stereocenters. The Bertz CT molecular complexity index is 480. The van der Waals surface area contributed by atoms with Crippen LogP contribution in [0, 0.1) is 0 Å². The van der Waals surface area contributed by atoms with Crippen LogP contribution in [0.25, 0.3) is 0 Å². The molecule has 76 valence electrons. The normalized spacial score (nSPS) is 10.5. The summed E-state index contributed by atoms with van der Waals surface area (Å²) in [6.07, 6.45) is 0. The van der Waals surface area contributed by atoms with Crippen molar-refractivity contribution >= 4 is 16.1 Å². The van der Waals surface area contributed by atoms with E-state index in [4.69, 9.17) is 14.8 Å². The number of aromatic hydroxyl groups is 1. The van der Waals surface area contributed by atoms with E-state index in [1.165, 1.54) is 0 Å². The second-order valence-corrected chi connectivity index (χ2v) is 3.88. The molecule has 0 fully saturated rings. The van der Waals surface area contributed by atoms with Crippen molar-refractivity contribution in [3.8, 4) is 5.75 Å². The average Bonchev–Trinajstić information content (AvgIpc) is 2.02. The molecule has 0 radical (unpaired) electrons. The molecule has 0 aliphatic carbocycles. The molecule has 0 heterocycles. The summed E-state index contributed by atoms with van der Waals surface area (Å²) in [5.41, 5.74) is -0.583. The van der Waals surface area contributed by atoms with E-state index in [0.717, 1.165) is 12.1 Å². The van der Waals surface area contributed by atoms with E-state index >= 15 is 0 Å². The molecule has 3 N–H and O–H groups in total. The first-order valence-electron chi connectivity index (χ1n) is 3.36. The van der Waals surface area contributed by atoms with Crippen molar-refractivity contribution in [2.75, 3.05) is 0 Å². The van der Waals surface area contributed by atoms with E-state index in [1.54, 1.807) is 0 Å². The largest absolute Gasteiger partial charge is 1.00 e. The Morgan fingerprint density at radius 2 is 1.80 bits per heavy atom. The fourth-order valence-corrected chi connectivity index (χ4v) is 1.35. The van der Waals surface area contributed by atoms with Gasteiger partial charge in [0.2, 0.25) is 0 Å². The van der Waals surface area contributed by atoms with Gasteiger partial charge in [0, 0.05) is 0 Å². The molecule has 0 unspecified atom stereocenters. The molecule has 0 aliphatic rings. The van der Waals surface area contributed by atoms with Gasteiger partial charge >= 0.3 is 57.4 Å². The van der Waals surface area contributed by atoms with E-state index in [1.807, 2.05) is 0 Å². The second-order valence-electron chi connectivity index (χ2n) is 2.46. The molecule has 0 bridgehead atoms. The van der Waals surface area contributed by atoms with Crippen LogP contribution in [0.15, 0.2) is 23.1 Å². The Labute approximate surface area is 128 Å². The van der Waals surface area contributed by atoms with Crippen LogP contribution >= 0.6 is 0 Å². The van der Waals surface area contributed by atoms with Gasteiger partial charge in [-0.2, -0.15) is 8.42 Å². The number of phenols is 1. The van der Waals surface area contributed by atoms with Gasteiger partial charge in [0.1, 0.15) is 11.3 Å². The summed E-state index contributed by atoms with van der Waals surface area (Å²) in [6.45, 7) is 0. The summed E-state index contributed by atoms with van der Waals surface area (Å²) in [5.74, 6) is -2.04. The average molecular weight is 257 g/mol. The van der Waals surface area contributed by atoms with Crippen molar-refractivity contribution in [2.24, 2.45) is 0 Å². The van der Waals surface area contributed by atoms with Gasteiger partial charge in [-0.1, -0.05) is 0 Å². The first-order chi connectivity index (χ1) is 6.32. The van der Waals surface area contributed by atoms with Crippen molar-refractivity contribution in [3.05, 3.63) is 23.8 Å². The molecule has 0 saturated carbocycles. The van der Waals surface area contributed by atoms with Crippen LogP contribution in [0.4, 0.5) is 0 Å². The van der Waals surface area contributed by atoms with Crippen LogP contribution in [-0.2, 0) is 10.1 Å². The van der Waals surface area contributed by atoms with Gasteiger partial charge in [0.25, 0.3) is 10.1 Å². The van der Waals surface area contributed by atoms with Crippen LogP contribution in [0.2, 0.25) is 0 Å². The third-order valence-electron chi connectivity index (χ3n) is 1.50. The molecule has 0 spiro atoms. The van der Waals surface area contributed by atoms with Crippen LogP contribution in [0.3, 0.4) is 0 Å². The van der Waals surface area contributed by atoms with Crippen LogP contribution in [0.5, 0.6) is 5.75 Å². The predicted octanol–water partition coefficient (Wildman–Crippen LogP) is -2.66. The second kappa shape index (κ2) is 5.39. The third kappa shape index (κ3) is 3.83. The summed E-state index contributed by atoms with van der Waals surface area (Å²) in [4.78, 5) is 9.89. The minimum absolute atomic E-state index is 0. The molecule has 0 saturated heterocycles. The molecular weight excluding hydrogens is 251 g/mol. The standard InChI is InChI=1S/C7H6O6S.K/c8-6-2-1-4(14(11,12)13)3-5(6)7(9)10;/h1-3,8H,(H,9,10)(H,11,12,13);/q;+1. The Morgan fingerprint density at radius 1 is 1.27 bits per heavy atom. The summed E-state index contributed by atoms with van der Waals surface area (Å²) >= 11 is 0. The number of carboxylic acid groups (broad SMARTS) is 1. The molecule has 1 aromatic carbocycles. The molecule has 1 rings (SSSR count). The van der Waals surface area contributed by atoms with E-state index in [9.17, 15) is 13.2 Å². The summed E-state index contributed by atoms with van der Waals surface area (Å²) in [7, 11) is -4.45. The zero-order valence-corrected chi connectivity index (χ0v) is 11.6. The van der Waals surface area contributed by atoms with Crippen LogP contribution < -0.4 is 51.4 Å². The first kappa shape index (κ1) is 15.0. The topological polar surface area (TPSA) is 112 Å². The maximum Gasteiger partial charge on any atom is 1.00 e. The smallest absolute Gasteiger partial charge is 0.507 e. The van der Waals surface area contributed by atoms with Gasteiger partial charge in [0.05, 0.1) is 4.90 Å². The zero-order valence-electron chi connectivity index (χ0n) is 7.71. The monoisotopic (exact) mass is 257 g/mol. The number of hydrogen-bond acceptors (Lipinski definition) is 4. The van der Waals surface area contributed by atoms with Gasteiger partial charge < -0.3 is 10.2 Å². The quantitative estimate of drug-likeness (QED) is 0.394.